The van der Waals surface area contributed by atoms with Crippen molar-refractivity contribution in [3.8, 4) is 17.7 Å². The van der Waals surface area contributed by atoms with E-state index < -0.39 is 5.60 Å². The zero-order valence-corrected chi connectivity index (χ0v) is 10.6. The minimum Gasteiger partial charge on any atom is -0.367 e. The van der Waals surface area contributed by atoms with Gasteiger partial charge in [0, 0.05) is 12.8 Å². The lowest BCUT2D eigenvalue weighted by molar-refractivity contribution is -0.0770. The lowest BCUT2D eigenvalue weighted by Crippen LogP contribution is -2.31. The third-order valence-corrected chi connectivity index (χ3v) is 3.41. The standard InChI is InChI=1S/C13H14N4O2/c1-13(4-2-3-5-18-13)12-16-11(19-17-12)10-6-9(7-14)8-15-10/h6,8,15H,2-5H2,1H3. The molecule has 19 heavy (non-hydrogen) atoms. The van der Waals surface area contributed by atoms with E-state index in [4.69, 9.17) is 14.5 Å². The molecular weight excluding hydrogens is 244 g/mol. The first kappa shape index (κ1) is 11.9. The molecule has 0 spiro atoms. The summed E-state index contributed by atoms with van der Waals surface area (Å²) < 4.78 is 11.0. The highest BCUT2D eigenvalue weighted by Gasteiger charge is 2.35. The van der Waals surface area contributed by atoms with Crippen LogP contribution in [0.5, 0.6) is 0 Å². The second-order valence-electron chi connectivity index (χ2n) is 4.87. The van der Waals surface area contributed by atoms with Crippen LogP contribution in [-0.2, 0) is 10.3 Å². The molecule has 6 nitrogen and oxygen atoms in total. The number of nitrogens with one attached hydrogen (secondary N) is 1. The number of nitrogens with zero attached hydrogens (tertiary/aromatic N) is 3. The van der Waals surface area contributed by atoms with Gasteiger partial charge in [-0.25, -0.2) is 0 Å². The van der Waals surface area contributed by atoms with E-state index in [1.165, 1.54) is 0 Å². The van der Waals surface area contributed by atoms with Crippen molar-refractivity contribution in [1.82, 2.24) is 15.1 Å². The van der Waals surface area contributed by atoms with Crippen molar-refractivity contribution in [2.24, 2.45) is 0 Å². The van der Waals surface area contributed by atoms with Crippen LogP contribution < -0.4 is 0 Å². The maximum atomic E-state index is 8.79. The summed E-state index contributed by atoms with van der Waals surface area (Å²) in [4.78, 5) is 7.32. The van der Waals surface area contributed by atoms with Crippen molar-refractivity contribution in [1.29, 1.82) is 5.26 Å². The Morgan fingerprint density at radius 3 is 3.05 bits per heavy atom. The fraction of sp³-hybridized carbons (Fsp3) is 0.462. The van der Waals surface area contributed by atoms with Gasteiger partial charge in [-0.05, 0) is 32.3 Å². The number of hydrogen-bond acceptors (Lipinski definition) is 5. The van der Waals surface area contributed by atoms with Gasteiger partial charge in [0.25, 0.3) is 5.89 Å². The Morgan fingerprint density at radius 1 is 1.47 bits per heavy atom. The maximum absolute atomic E-state index is 8.79. The number of rotatable bonds is 2. The Balaban J connectivity index is 1.88. The number of H-pyrrole nitrogens is 1. The van der Waals surface area contributed by atoms with E-state index in [2.05, 4.69) is 15.1 Å². The van der Waals surface area contributed by atoms with Crippen LogP contribution in [0.15, 0.2) is 16.8 Å². The molecule has 0 bridgehead atoms. The summed E-state index contributed by atoms with van der Waals surface area (Å²) in [5.41, 5.74) is 0.717. The third kappa shape index (κ3) is 2.13. The van der Waals surface area contributed by atoms with E-state index in [0.29, 0.717) is 23.0 Å². The molecule has 2 aromatic rings. The van der Waals surface area contributed by atoms with Gasteiger partial charge in [-0.3, -0.25) is 0 Å². The molecule has 1 N–H and O–H groups in total. The first-order valence-electron chi connectivity index (χ1n) is 6.28. The molecule has 1 unspecified atom stereocenters. The summed E-state index contributed by atoms with van der Waals surface area (Å²) in [7, 11) is 0. The van der Waals surface area contributed by atoms with Crippen LogP contribution in [0.2, 0.25) is 0 Å². The molecule has 1 saturated heterocycles. The zero-order valence-electron chi connectivity index (χ0n) is 10.6. The van der Waals surface area contributed by atoms with Gasteiger partial charge < -0.3 is 14.2 Å². The highest BCUT2D eigenvalue weighted by molar-refractivity contribution is 5.51. The van der Waals surface area contributed by atoms with Crippen molar-refractivity contribution in [2.45, 2.75) is 31.8 Å². The highest BCUT2D eigenvalue weighted by atomic mass is 16.5. The minimum absolute atomic E-state index is 0.381. The summed E-state index contributed by atoms with van der Waals surface area (Å²) >= 11 is 0. The van der Waals surface area contributed by atoms with Gasteiger partial charge in [0.2, 0.25) is 5.82 Å². The molecule has 1 fully saturated rings. The molecule has 1 atom stereocenters. The number of nitriles is 1. The summed E-state index contributed by atoms with van der Waals surface area (Å²) in [6, 6.07) is 3.73. The summed E-state index contributed by atoms with van der Waals surface area (Å²) in [6.07, 6.45) is 4.67. The Morgan fingerprint density at radius 2 is 2.37 bits per heavy atom. The predicted molar refractivity (Wildman–Crippen MR) is 66.0 cm³/mol. The lowest BCUT2D eigenvalue weighted by atomic mass is 9.95. The Bertz CT molecular complexity index is 617. The molecule has 1 aliphatic heterocycles. The summed E-state index contributed by atoms with van der Waals surface area (Å²) in [6.45, 7) is 2.71. The molecule has 2 aromatic heterocycles. The summed E-state index contributed by atoms with van der Waals surface area (Å²) in [5.74, 6) is 0.946. The maximum Gasteiger partial charge on any atom is 0.274 e. The molecule has 0 amide bonds. The van der Waals surface area contributed by atoms with Gasteiger partial charge >= 0.3 is 0 Å². The Labute approximate surface area is 110 Å². The van der Waals surface area contributed by atoms with Crippen LogP contribution in [0.3, 0.4) is 0 Å². The van der Waals surface area contributed by atoms with E-state index in [9.17, 15) is 0 Å². The Hall–Kier alpha value is -2.13. The molecule has 0 aromatic carbocycles. The fourth-order valence-electron chi connectivity index (χ4n) is 2.24. The van der Waals surface area contributed by atoms with E-state index in [1.807, 2.05) is 13.0 Å². The average molecular weight is 258 g/mol. The molecule has 6 heteroatoms. The van der Waals surface area contributed by atoms with Crippen LogP contribution in [0.4, 0.5) is 0 Å². The molecule has 1 aliphatic rings. The van der Waals surface area contributed by atoms with Gasteiger partial charge in [-0.2, -0.15) is 10.2 Å². The van der Waals surface area contributed by atoms with Crippen molar-refractivity contribution < 1.29 is 9.26 Å². The lowest BCUT2D eigenvalue weighted by Gasteiger charge is -2.30. The topological polar surface area (TPSA) is 87.7 Å². The van der Waals surface area contributed by atoms with E-state index >= 15 is 0 Å². The van der Waals surface area contributed by atoms with E-state index in [1.54, 1.807) is 12.3 Å². The first-order valence-corrected chi connectivity index (χ1v) is 6.28. The van der Waals surface area contributed by atoms with Gasteiger partial charge in [0.1, 0.15) is 17.4 Å². The SMILES string of the molecule is CC1(c2noc(-c3cc(C#N)c[nH]3)n2)CCCCO1. The zero-order chi connectivity index (χ0) is 13.3. The first-order chi connectivity index (χ1) is 9.21. The van der Waals surface area contributed by atoms with Crippen molar-refractivity contribution >= 4 is 0 Å². The van der Waals surface area contributed by atoms with Gasteiger partial charge in [0.05, 0.1) is 5.56 Å². The molecule has 3 rings (SSSR count). The second-order valence-corrected chi connectivity index (χ2v) is 4.87. The van der Waals surface area contributed by atoms with E-state index in [0.717, 1.165) is 25.9 Å². The number of hydrogen-bond donors (Lipinski definition) is 1. The molecule has 0 radical (unpaired) electrons. The summed E-state index contributed by atoms with van der Waals surface area (Å²) in [5, 5.41) is 12.8. The van der Waals surface area contributed by atoms with Crippen LogP contribution in [-0.4, -0.2) is 21.7 Å². The monoisotopic (exact) mass is 258 g/mol. The van der Waals surface area contributed by atoms with Crippen LogP contribution in [0.1, 0.15) is 37.6 Å². The van der Waals surface area contributed by atoms with Crippen molar-refractivity contribution in [3.05, 3.63) is 23.7 Å². The van der Waals surface area contributed by atoms with Crippen molar-refractivity contribution in [3.63, 3.8) is 0 Å². The van der Waals surface area contributed by atoms with Gasteiger partial charge in [-0.15, -0.1) is 0 Å². The number of ether oxygens (including phenoxy) is 1. The molecule has 3 heterocycles. The van der Waals surface area contributed by atoms with Crippen LogP contribution in [0.25, 0.3) is 11.6 Å². The van der Waals surface area contributed by atoms with Crippen LogP contribution in [0, 0.1) is 11.3 Å². The second kappa shape index (κ2) is 4.52. The van der Waals surface area contributed by atoms with E-state index in [-0.39, 0.29) is 0 Å². The fourth-order valence-corrected chi connectivity index (χ4v) is 2.24. The smallest absolute Gasteiger partial charge is 0.274 e. The van der Waals surface area contributed by atoms with Gasteiger partial charge in [0.15, 0.2) is 0 Å². The average Bonchev–Trinajstić information content (AvgIpc) is 3.08. The third-order valence-electron chi connectivity index (χ3n) is 3.41. The highest BCUT2D eigenvalue weighted by Crippen LogP contribution is 2.33. The minimum atomic E-state index is -0.468. The van der Waals surface area contributed by atoms with Crippen LogP contribution >= 0.6 is 0 Å². The molecular formula is C13H14N4O2. The number of aromatic amines is 1. The number of aromatic nitrogens is 3. The largest absolute Gasteiger partial charge is 0.367 e. The predicted octanol–water partition coefficient (Wildman–Crippen LogP) is 2.35. The molecule has 0 aliphatic carbocycles. The molecule has 98 valence electrons. The quantitative estimate of drug-likeness (QED) is 0.893. The molecule has 0 saturated carbocycles. The van der Waals surface area contributed by atoms with Crippen molar-refractivity contribution in [2.75, 3.05) is 6.61 Å². The normalized spacial score (nSPS) is 23.2. The Kier molecular flexibility index (Phi) is 2.84. The van der Waals surface area contributed by atoms with Gasteiger partial charge in [-0.1, -0.05) is 5.16 Å².